The van der Waals surface area contributed by atoms with Crippen LogP contribution >= 0.6 is 0 Å². The molecule has 0 aliphatic heterocycles. The van der Waals surface area contributed by atoms with Crippen molar-refractivity contribution in [3.63, 3.8) is 0 Å². The van der Waals surface area contributed by atoms with Gasteiger partial charge in [0.05, 0.1) is 18.9 Å². The average molecular weight is 441 g/mol. The van der Waals surface area contributed by atoms with Crippen LogP contribution in [0.2, 0.25) is 0 Å². The summed E-state index contributed by atoms with van der Waals surface area (Å²) in [4.78, 5) is 12.4. The number of carbonyl (C=O) groups is 1. The number of halogens is 2. The normalized spacial score (nSPS) is 13.2. The van der Waals surface area contributed by atoms with E-state index in [0.29, 0.717) is 11.1 Å². The lowest BCUT2D eigenvalue weighted by molar-refractivity contribution is 0.0482. The number of carbonyl (C=O) groups excluding carboxylic acids is 1. The largest absolute Gasteiger partial charge is 0.444 e. The van der Waals surface area contributed by atoms with Crippen LogP contribution in [-0.4, -0.2) is 39.0 Å². The molecular weight excluding hydrogens is 416 g/mol. The van der Waals surface area contributed by atoms with Crippen molar-refractivity contribution in [2.75, 3.05) is 12.9 Å². The van der Waals surface area contributed by atoms with Gasteiger partial charge in [0.1, 0.15) is 17.2 Å². The number of hydrogen-bond acceptors (Lipinski definition) is 5. The van der Waals surface area contributed by atoms with Gasteiger partial charge < -0.3 is 10.1 Å². The lowest BCUT2D eigenvalue weighted by atomic mass is 9.85. The molecule has 0 spiro atoms. The molecule has 1 atom stereocenters. The summed E-state index contributed by atoms with van der Waals surface area (Å²) in [6.07, 6.45) is 0.112. The Balaban J connectivity index is 2.47. The topological polar surface area (TPSA) is 81.7 Å². The molecule has 9 heteroatoms. The second-order valence-corrected chi connectivity index (χ2v) is 9.47. The molecule has 1 amide bonds. The zero-order chi connectivity index (χ0) is 22.5. The van der Waals surface area contributed by atoms with Crippen LogP contribution in [0, 0.1) is 11.6 Å². The number of hydrogen-bond donors (Lipinski definition) is 1. The Labute approximate surface area is 175 Å². The minimum Gasteiger partial charge on any atom is -0.444 e. The van der Waals surface area contributed by atoms with Crippen molar-refractivity contribution in [1.29, 1.82) is 0 Å². The summed E-state index contributed by atoms with van der Waals surface area (Å²) < 4.78 is 60.3. The first-order chi connectivity index (χ1) is 13.8. The lowest BCUT2D eigenvalue weighted by Gasteiger charge is -2.30. The van der Waals surface area contributed by atoms with Gasteiger partial charge in [-0.1, -0.05) is 24.3 Å². The van der Waals surface area contributed by atoms with E-state index in [2.05, 4.69) is 5.32 Å². The highest BCUT2D eigenvalue weighted by Gasteiger charge is 2.30. The number of benzene rings is 2. The molecule has 2 aromatic carbocycles. The van der Waals surface area contributed by atoms with E-state index in [9.17, 15) is 22.0 Å². The smallest absolute Gasteiger partial charge is 0.407 e. The number of rotatable bonds is 7. The fraction of sp³-hybridized carbons (Fsp3) is 0.381. The summed E-state index contributed by atoms with van der Waals surface area (Å²) in [5.74, 6) is -1.58. The van der Waals surface area contributed by atoms with Crippen molar-refractivity contribution in [3.05, 3.63) is 71.3 Å². The Morgan fingerprint density at radius 1 is 0.967 bits per heavy atom. The minimum absolute atomic E-state index is 0.405. The first-order valence-corrected chi connectivity index (χ1v) is 11.0. The van der Waals surface area contributed by atoms with E-state index >= 15 is 0 Å². The molecule has 0 aliphatic carbocycles. The average Bonchev–Trinajstić information content (AvgIpc) is 2.60. The first kappa shape index (κ1) is 23.8. The molecule has 2 aromatic rings. The summed E-state index contributed by atoms with van der Waals surface area (Å²) in [6.45, 7) is 4.65. The van der Waals surface area contributed by atoms with Gasteiger partial charge in [0.2, 0.25) is 0 Å². The Morgan fingerprint density at radius 2 is 1.40 bits per heavy atom. The number of nitrogens with one attached hydrogen (secondary N) is 1. The molecule has 30 heavy (non-hydrogen) atoms. The highest BCUT2D eigenvalue weighted by atomic mass is 32.2. The summed E-state index contributed by atoms with van der Waals surface area (Å²) in [5.41, 5.74) is 0.357. The molecule has 6 nitrogen and oxygen atoms in total. The maximum atomic E-state index is 13.5. The minimum atomic E-state index is -3.81. The van der Waals surface area contributed by atoms with Crippen LogP contribution < -0.4 is 5.32 Å². The maximum absolute atomic E-state index is 13.5. The standard InChI is InChI=1S/C21H25F2NO5S/c1-21(2,3)29-20(25)24-18(13-28-30(4,26)27)19(14-5-9-16(22)10-6-14)15-7-11-17(23)12-8-15/h5-12,18-19H,13H2,1-4H3,(H,24,25)/t18-/m1/s1. The van der Waals surface area contributed by atoms with Crippen LogP contribution in [0.15, 0.2) is 48.5 Å². The number of alkyl carbamates (subject to hydrolysis) is 1. The Morgan fingerprint density at radius 3 is 1.77 bits per heavy atom. The second-order valence-electron chi connectivity index (χ2n) is 7.82. The quantitative estimate of drug-likeness (QED) is 0.658. The maximum Gasteiger partial charge on any atom is 0.407 e. The Bertz CT molecular complexity index is 909. The highest BCUT2D eigenvalue weighted by molar-refractivity contribution is 7.85. The van der Waals surface area contributed by atoms with Gasteiger partial charge in [-0.2, -0.15) is 8.42 Å². The predicted molar refractivity (Wildman–Crippen MR) is 109 cm³/mol. The van der Waals surface area contributed by atoms with Gasteiger partial charge in [0, 0.05) is 5.92 Å². The van der Waals surface area contributed by atoms with E-state index in [1.54, 1.807) is 20.8 Å². The molecule has 0 radical (unpaired) electrons. The van der Waals surface area contributed by atoms with Gasteiger partial charge in [-0.15, -0.1) is 0 Å². The molecule has 0 saturated heterocycles. The monoisotopic (exact) mass is 441 g/mol. The van der Waals surface area contributed by atoms with Gasteiger partial charge in [0.15, 0.2) is 0 Å². The van der Waals surface area contributed by atoms with E-state index < -0.39 is 52.0 Å². The van der Waals surface area contributed by atoms with Crippen LogP contribution in [0.3, 0.4) is 0 Å². The fourth-order valence-electron chi connectivity index (χ4n) is 2.87. The van der Waals surface area contributed by atoms with Gasteiger partial charge in [0.25, 0.3) is 10.1 Å². The van der Waals surface area contributed by atoms with Gasteiger partial charge in [-0.05, 0) is 56.2 Å². The third kappa shape index (κ3) is 7.72. The fourth-order valence-corrected chi connectivity index (χ4v) is 3.27. The Hall–Kier alpha value is -2.52. The molecule has 0 saturated carbocycles. The van der Waals surface area contributed by atoms with Crippen LogP contribution in [-0.2, 0) is 19.0 Å². The Kier molecular flexibility index (Phi) is 7.54. The van der Waals surface area contributed by atoms with Crippen LogP contribution in [0.5, 0.6) is 0 Å². The van der Waals surface area contributed by atoms with Crippen molar-refractivity contribution >= 4 is 16.2 Å². The molecule has 1 N–H and O–H groups in total. The summed E-state index contributed by atoms with van der Waals surface area (Å²) in [5, 5.41) is 2.63. The summed E-state index contributed by atoms with van der Waals surface area (Å²) >= 11 is 0. The van der Waals surface area contributed by atoms with E-state index in [1.165, 1.54) is 48.5 Å². The highest BCUT2D eigenvalue weighted by Crippen LogP contribution is 2.29. The third-order valence-corrected chi connectivity index (χ3v) is 4.59. The van der Waals surface area contributed by atoms with E-state index in [1.807, 2.05) is 0 Å². The SMILES string of the molecule is CC(C)(C)OC(=O)N[C@H](COS(C)(=O)=O)C(c1ccc(F)cc1)c1ccc(F)cc1. The van der Waals surface area contributed by atoms with Crippen molar-refractivity contribution in [2.24, 2.45) is 0 Å². The van der Waals surface area contributed by atoms with Crippen LogP contribution in [0.25, 0.3) is 0 Å². The van der Waals surface area contributed by atoms with E-state index in [-0.39, 0.29) is 0 Å². The zero-order valence-electron chi connectivity index (χ0n) is 17.2. The first-order valence-electron chi connectivity index (χ1n) is 9.19. The molecular formula is C21H25F2NO5S. The summed E-state index contributed by atoms with van der Waals surface area (Å²) in [7, 11) is -3.81. The molecule has 0 aliphatic rings. The molecule has 0 unspecified atom stereocenters. The van der Waals surface area contributed by atoms with Crippen molar-refractivity contribution in [3.8, 4) is 0 Å². The van der Waals surface area contributed by atoms with E-state index in [0.717, 1.165) is 6.26 Å². The molecule has 2 rings (SSSR count). The van der Waals surface area contributed by atoms with Gasteiger partial charge in [-0.25, -0.2) is 13.6 Å². The van der Waals surface area contributed by atoms with Gasteiger partial charge >= 0.3 is 6.09 Å². The third-order valence-electron chi connectivity index (χ3n) is 4.02. The molecule has 0 heterocycles. The molecule has 164 valence electrons. The number of ether oxygens (including phenoxy) is 1. The van der Waals surface area contributed by atoms with Crippen molar-refractivity contribution in [1.82, 2.24) is 5.32 Å². The van der Waals surface area contributed by atoms with E-state index in [4.69, 9.17) is 8.92 Å². The van der Waals surface area contributed by atoms with Crippen molar-refractivity contribution < 1.29 is 30.9 Å². The van der Waals surface area contributed by atoms with Crippen LogP contribution in [0.1, 0.15) is 37.8 Å². The predicted octanol–water partition coefficient (Wildman–Crippen LogP) is 3.97. The van der Waals surface area contributed by atoms with Crippen LogP contribution in [0.4, 0.5) is 13.6 Å². The van der Waals surface area contributed by atoms with Crippen molar-refractivity contribution in [2.45, 2.75) is 38.3 Å². The molecule has 0 aromatic heterocycles. The number of amides is 1. The molecule has 0 bridgehead atoms. The lowest BCUT2D eigenvalue weighted by Crippen LogP contribution is -2.45. The second kappa shape index (κ2) is 9.53. The van der Waals surface area contributed by atoms with Gasteiger partial charge in [-0.3, -0.25) is 4.18 Å². The summed E-state index contributed by atoms with van der Waals surface area (Å²) in [6, 6.07) is 10.1. The molecule has 0 fully saturated rings. The zero-order valence-corrected chi connectivity index (χ0v) is 18.0.